The molecule has 1 N–H and O–H groups in total. The van der Waals surface area contributed by atoms with Gasteiger partial charge in [0.05, 0.1) is 22.4 Å². The van der Waals surface area contributed by atoms with Crippen LogP contribution < -0.4 is 15.2 Å². The predicted molar refractivity (Wildman–Crippen MR) is 172 cm³/mol. The van der Waals surface area contributed by atoms with Crippen molar-refractivity contribution in [3.8, 4) is 16.9 Å². The molecular weight excluding hydrogens is 576 g/mol. The molecule has 9 heteroatoms. The second kappa shape index (κ2) is 12.5. The van der Waals surface area contributed by atoms with Crippen LogP contribution in [0.1, 0.15) is 25.6 Å². The van der Waals surface area contributed by atoms with Crippen molar-refractivity contribution in [1.82, 2.24) is 4.40 Å². The number of hydrogen-bond donors (Lipinski definition) is 1. The number of para-hydroxylation sites is 1. The number of carbonyl (C=O) groups is 2. The van der Waals surface area contributed by atoms with Gasteiger partial charge in [-0.15, -0.1) is 11.3 Å². The molecule has 3 heterocycles. The molecule has 0 aliphatic carbocycles. The molecule has 3 aromatic carbocycles. The topological polar surface area (TPSA) is 97.5 Å². The smallest absolute Gasteiger partial charge is 0.345 e. The molecule has 6 aromatic rings. The number of pyridine rings is 2. The zero-order valence-corrected chi connectivity index (χ0v) is 24.6. The van der Waals surface area contributed by atoms with E-state index in [9.17, 15) is 19.5 Å². The zero-order valence-electron chi connectivity index (χ0n) is 23.8. The van der Waals surface area contributed by atoms with Crippen LogP contribution in [0.25, 0.3) is 26.7 Å². The maximum Gasteiger partial charge on any atom is 0.345 e. The Morgan fingerprint density at radius 3 is 2.30 bits per heavy atom. The van der Waals surface area contributed by atoms with E-state index in [0.29, 0.717) is 51.4 Å². The molecule has 0 aliphatic rings. The molecule has 0 bridgehead atoms. The molecule has 3 aromatic heterocycles. The number of benzene rings is 3. The van der Waals surface area contributed by atoms with Crippen molar-refractivity contribution in [3.05, 3.63) is 136 Å². The minimum Gasteiger partial charge on any atom is -0.489 e. The number of aromatic carboxylic acids is 1. The van der Waals surface area contributed by atoms with Crippen LogP contribution in [-0.4, -0.2) is 41.6 Å². The molecule has 0 radical (unpaired) electrons. The summed E-state index contributed by atoms with van der Waals surface area (Å²) in [4.78, 5) is 42.0. The lowest BCUT2D eigenvalue weighted by Crippen LogP contribution is -2.35. The first kappa shape index (κ1) is 28.9. The first-order valence-electron chi connectivity index (χ1n) is 13.9. The van der Waals surface area contributed by atoms with Gasteiger partial charge in [-0.3, -0.25) is 14.0 Å². The van der Waals surface area contributed by atoms with Crippen LogP contribution in [0, 0.1) is 0 Å². The van der Waals surface area contributed by atoms with Gasteiger partial charge in [-0.05, 0) is 59.0 Å². The third-order valence-corrected chi connectivity index (χ3v) is 8.45. The highest BCUT2D eigenvalue weighted by atomic mass is 32.1. The van der Waals surface area contributed by atoms with E-state index in [1.807, 2.05) is 60.7 Å². The van der Waals surface area contributed by atoms with E-state index in [1.165, 1.54) is 4.40 Å². The van der Waals surface area contributed by atoms with Gasteiger partial charge in [-0.2, -0.15) is 0 Å². The van der Waals surface area contributed by atoms with Gasteiger partial charge in [0, 0.05) is 31.1 Å². The van der Waals surface area contributed by atoms with Gasteiger partial charge < -0.3 is 19.5 Å². The minimum absolute atomic E-state index is 0.119. The predicted octanol–water partition coefficient (Wildman–Crippen LogP) is 6.75. The lowest BCUT2D eigenvalue weighted by atomic mass is 10.0. The quantitative estimate of drug-likeness (QED) is 0.186. The zero-order chi connectivity index (χ0) is 30.6. The van der Waals surface area contributed by atoms with Gasteiger partial charge in [0.1, 0.15) is 17.2 Å². The Kier molecular flexibility index (Phi) is 8.23. The second-order valence-corrected chi connectivity index (χ2v) is 11.1. The summed E-state index contributed by atoms with van der Waals surface area (Å²) in [5, 5.41) is 10.3. The number of anilines is 1. The van der Waals surface area contributed by atoms with E-state index in [1.54, 1.807) is 60.7 Å². The SMILES string of the molecule is COCCN(C(=O)c1cc(-c2ccc(OCc3ccccc3)cc2)c(=O)n2ccc3cc(C(=O)O)sc3c12)c1ccccc1. The number of carboxylic acids is 1. The molecule has 220 valence electrons. The molecule has 0 fully saturated rings. The summed E-state index contributed by atoms with van der Waals surface area (Å²) in [6.45, 7) is 0.970. The molecule has 0 atom stereocenters. The van der Waals surface area contributed by atoms with Crippen LogP contribution in [-0.2, 0) is 11.3 Å². The van der Waals surface area contributed by atoms with Crippen molar-refractivity contribution in [2.75, 3.05) is 25.2 Å². The number of fused-ring (bicyclic) bond motifs is 3. The first-order valence-corrected chi connectivity index (χ1v) is 14.7. The minimum atomic E-state index is -1.07. The van der Waals surface area contributed by atoms with Gasteiger partial charge in [0.2, 0.25) is 0 Å². The normalized spacial score (nSPS) is 11.1. The van der Waals surface area contributed by atoms with E-state index >= 15 is 0 Å². The summed E-state index contributed by atoms with van der Waals surface area (Å²) in [6, 6.07) is 31.1. The maximum absolute atomic E-state index is 14.4. The Morgan fingerprint density at radius 2 is 1.61 bits per heavy atom. The van der Waals surface area contributed by atoms with Gasteiger partial charge in [-0.25, -0.2) is 4.79 Å². The molecule has 44 heavy (non-hydrogen) atoms. The lowest BCUT2D eigenvalue weighted by Gasteiger charge is -2.24. The van der Waals surface area contributed by atoms with Crippen molar-refractivity contribution in [1.29, 1.82) is 0 Å². The Labute approximate surface area is 257 Å². The molecular formula is C35H28N2O6S. The number of amides is 1. The molecule has 0 saturated carbocycles. The highest BCUT2D eigenvalue weighted by molar-refractivity contribution is 7.21. The van der Waals surface area contributed by atoms with Crippen LogP contribution >= 0.6 is 11.3 Å². The van der Waals surface area contributed by atoms with Crippen LogP contribution in [0.2, 0.25) is 0 Å². The number of ether oxygens (including phenoxy) is 2. The monoisotopic (exact) mass is 604 g/mol. The van der Waals surface area contributed by atoms with Crippen LogP contribution in [0.5, 0.6) is 5.75 Å². The average molecular weight is 605 g/mol. The number of aromatic nitrogens is 1. The Bertz CT molecular complexity index is 2020. The van der Waals surface area contributed by atoms with Crippen molar-refractivity contribution < 1.29 is 24.2 Å². The fourth-order valence-corrected chi connectivity index (χ4v) is 6.15. The molecule has 1 amide bonds. The fourth-order valence-electron chi connectivity index (χ4n) is 5.11. The molecule has 0 spiro atoms. The van der Waals surface area contributed by atoms with Gasteiger partial charge in [0.25, 0.3) is 11.5 Å². The molecule has 0 saturated heterocycles. The molecule has 6 rings (SSSR count). The summed E-state index contributed by atoms with van der Waals surface area (Å²) >= 11 is 1.04. The second-order valence-electron chi connectivity index (χ2n) is 10.1. The van der Waals surface area contributed by atoms with E-state index in [4.69, 9.17) is 9.47 Å². The van der Waals surface area contributed by atoms with Crippen LogP contribution in [0.4, 0.5) is 5.69 Å². The number of thiophene rings is 1. The van der Waals surface area contributed by atoms with Gasteiger partial charge in [-0.1, -0.05) is 60.7 Å². The van der Waals surface area contributed by atoms with Crippen molar-refractivity contribution in [3.63, 3.8) is 0 Å². The molecule has 0 unspecified atom stereocenters. The van der Waals surface area contributed by atoms with E-state index in [2.05, 4.69) is 0 Å². The Hall–Kier alpha value is -5.25. The Balaban J connectivity index is 1.49. The van der Waals surface area contributed by atoms with E-state index < -0.39 is 5.97 Å². The van der Waals surface area contributed by atoms with Gasteiger partial charge >= 0.3 is 5.97 Å². The van der Waals surface area contributed by atoms with Crippen LogP contribution in [0.3, 0.4) is 0 Å². The number of carbonyl (C=O) groups excluding carboxylic acids is 1. The summed E-state index contributed by atoms with van der Waals surface area (Å²) in [5.74, 6) is -0.768. The number of nitrogens with zero attached hydrogens (tertiary/aromatic N) is 2. The van der Waals surface area contributed by atoms with Crippen molar-refractivity contribution >= 4 is 44.5 Å². The number of rotatable bonds is 10. The largest absolute Gasteiger partial charge is 0.489 e. The third kappa shape index (κ3) is 5.70. The van der Waals surface area contributed by atoms with Crippen LogP contribution in [0.15, 0.2) is 114 Å². The third-order valence-electron chi connectivity index (χ3n) is 7.30. The molecule has 0 aliphatic heterocycles. The summed E-state index contributed by atoms with van der Waals surface area (Å²) in [6.07, 6.45) is 1.60. The Morgan fingerprint density at radius 1 is 0.909 bits per heavy atom. The van der Waals surface area contributed by atoms with Crippen molar-refractivity contribution in [2.24, 2.45) is 0 Å². The van der Waals surface area contributed by atoms with Crippen molar-refractivity contribution in [2.45, 2.75) is 6.61 Å². The van der Waals surface area contributed by atoms with Gasteiger partial charge in [0.15, 0.2) is 0 Å². The molecule has 8 nitrogen and oxygen atoms in total. The highest BCUT2D eigenvalue weighted by Gasteiger charge is 2.25. The fraction of sp³-hybridized carbons (Fsp3) is 0.114. The number of carboxylic acid groups (broad SMARTS) is 1. The summed E-state index contributed by atoms with van der Waals surface area (Å²) < 4.78 is 13.2. The summed E-state index contributed by atoms with van der Waals surface area (Å²) in [5.41, 5.74) is 2.96. The first-order chi connectivity index (χ1) is 21.4. The van der Waals surface area contributed by atoms with E-state index in [0.717, 1.165) is 16.9 Å². The van der Waals surface area contributed by atoms with E-state index in [-0.39, 0.29) is 28.5 Å². The average Bonchev–Trinajstić information content (AvgIpc) is 3.51. The summed E-state index contributed by atoms with van der Waals surface area (Å²) in [7, 11) is 1.57. The number of methoxy groups -OCH3 is 1. The lowest BCUT2D eigenvalue weighted by molar-refractivity contribution is 0.0702. The maximum atomic E-state index is 14.4. The number of hydrogen-bond acceptors (Lipinski definition) is 6. The highest BCUT2D eigenvalue weighted by Crippen LogP contribution is 2.33. The standard InChI is InChI=1S/C35H28N2O6S/c1-42-19-18-36(26-10-6-3-7-11-26)34(39)29-21-28(24-12-14-27(15-13-24)43-22-23-8-4-2-5-9-23)33(38)37-17-16-25-20-30(35(40)41)44-32(25)31(29)37/h2-17,20-21H,18-19,22H2,1H3,(H,40,41).